The second kappa shape index (κ2) is 14.5. The number of sulfone groups is 1. The van der Waals surface area contributed by atoms with Gasteiger partial charge < -0.3 is 35.3 Å². The predicted molar refractivity (Wildman–Crippen MR) is 166 cm³/mol. The molecule has 1 aliphatic rings. The molecule has 3 amide bonds. The van der Waals surface area contributed by atoms with Gasteiger partial charge in [0.15, 0.2) is 21.4 Å². The van der Waals surface area contributed by atoms with Gasteiger partial charge in [-0.3, -0.25) is 14.9 Å². The Morgan fingerprint density at radius 2 is 1.71 bits per heavy atom. The first-order chi connectivity index (χ1) is 22.7. The summed E-state index contributed by atoms with van der Waals surface area (Å²) in [6.45, 7) is 1.25. The van der Waals surface area contributed by atoms with Crippen LogP contribution in [0.3, 0.4) is 0 Å². The zero-order chi connectivity index (χ0) is 35.3. The fourth-order valence-corrected chi connectivity index (χ4v) is 6.50. The van der Waals surface area contributed by atoms with Gasteiger partial charge in [-0.05, 0) is 59.7 Å². The number of primary amides is 1. The summed E-state index contributed by atoms with van der Waals surface area (Å²) in [7, 11) is -1.68. The van der Waals surface area contributed by atoms with Crippen LogP contribution in [0.5, 0.6) is 5.75 Å². The SMILES string of the molecule is CCS(=O)(=O)c1ccc(NC(=O)OC)cc1[C@@H]1[C@@H](OC(=O)O)CCN1C(=O)[C@H](Nc1ccc(F)c(C(N)=O)c1)c1ccc(F)c(OC)c1. The van der Waals surface area contributed by atoms with Crippen LogP contribution < -0.4 is 21.1 Å². The first kappa shape index (κ1) is 35.4. The Morgan fingerprint density at radius 1 is 1.02 bits per heavy atom. The lowest BCUT2D eigenvalue weighted by molar-refractivity contribution is -0.134. The number of hydrogen-bond donors (Lipinski definition) is 4. The molecule has 1 heterocycles. The molecule has 256 valence electrons. The van der Waals surface area contributed by atoms with E-state index < -0.39 is 69.3 Å². The second-order valence-electron chi connectivity index (χ2n) is 10.5. The van der Waals surface area contributed by atoms with Gasteiger partial charge in [0.25, 0.3) is 5.91 Å². The van der Waals surface area contributed by atoms with Crippen LogP contribution in [0, 0.1) is 11.6 Å². The fourth-order valence-electron chi connectivity index (χ4n) is 5.38. The van der Waals surface area contributed by atoms with Gasteiger partial charge >= 0.3 is 12.2 Å². The van der Waals surface area contributed by atoms with E-state index in [0.29, 0.717) is 0 Å². The zero-order valence-corrected chi connectivity index (χ0v) is 26.7. The third-order valence-electron chi connectivity index (χ3n) is 7.65. The van der Waals surface area contributed by atoms with Crippen LogP contribution in [0.2, 0.25) is 0 Å². The highest BCUT2D eigenvalue weighted by molar-refractivity contribution is 7.91. The lowest BCUT2D eigenvalue weighted by Gasteiger charge is -2.33. The van der Waals surface area contributed by atoms with Crippen LogP contribution in [0.4, 0.5) is 29.7 Å². The molecule has 3 aromatic rings. The Morgan fingerprint density at radius 3 is 2.33 bits per heavy atom. The number of anilines is 2. The van der Waals surface area contributed by atoms with Crippen molar-refractivity contribution >= 4 is 45.3 Å². The summed E-state index contributed by atoms with van der Waals surface area (Å²) < 4.78 is 70.2. The Kier molecular flexibility index (Phi) is 10.7. The Balaban J connectivity index is 1.91. The molecule has 14 nitrogen and oxygen atoms in total. The number of amides is 3. The Hall–Kier alpha value is -5.45. The molecule has 1 saturated heterocycles. The van der Waals surface area contributed by atoms with Gasteiger partial charge in [-0.1, -0.05) is 13.0 Å². The maximum atomic E-state index is 14.6. The summed E-state index contributed by atoms with van der Waals surface area (Å²) in [6, 6.07) is 7.80. The Bertz CT molecular complexity index is 1860. The molecule has 48 heavy (non-hydrogen) atoms. The van der Waals surface area contributed by atoms with Gasteiger partial charge in [0.05, 0.1) is 36.5 Å². The van der Waals surface area contributed by atoms with Crippen molar-refractivity contribution in [1.29, 1.82) is 0 Å². The average Bonchev–Trinajstić information content (AvgIpc) is 3.46. The van der Waals surface area contributed by atoms with Crippen molar-refractivity contribution in [2.24, 2.45) is 5.73 Å². The summed E-state index contributed by atoms with van der Waals surface area (Å²) in [5.74, 6) is -4.11. The number of hydrogen-bond acceptors (Lipinski definition) is 10. The van der Waals surface area contributed by atoms with Crippen LogP contribution >= 0.6 is 0 Å². The molecule has 0 spiro atoms. The molecule has 17 heteroatoms. The first-order valence-electron chi connectivity index (χ1n) is 14.3. The summed E-state index contributed by atoms with van der Waals surface area (Å²) in [6.07, 6.45) is -3.91. The lowest BCUT2D eigenvalue weighted by atomic mass is 9.99. The molecule has 0 aromatic heterocycles. The molecule has 0 unspecified atom stereocenters. The number of benzene rings is 3. The summed E-state index contributed by atoms with van der Waals surface area (Å²) in [5, 5.41) is 14.9. The fraction of sp³-hybridized carbons (Fsp3) is 0.290. The molecular formula is C31H32F2N4O10S. The quantitative estimate of drug-likeness (QED) is 0.210. The van der Waals surface area contributed by atoms with Crippen molar-refractivity contribution in [1.82, 2.24) is 4.90 Å². The van der Waals surface area contributed by atoms with Gasteiger partial charge in [-0.15, -0.1) is 0 Å². The maximum absolute atomic E-state index is 14.6. The van der Waals surface area contributed by atoms with Crippen LogP contribution in [0.15, 0.2) is 59.5 Å². The van der Waals surface area contributed by atoms with E-state index in [1.54, 1.807) is 0 Å². The van der Waals surface area contributed by atoms with Crippen molar-refractivity contribution in [3.8, 4) is 5.75 Å². The molecule has 0 saturated carbocycles. The number of halogens is 2. The number of carboxylic acid groups (broad SMARTS) is 1. The summed E-state index contributed by atoms with van der Waals surface area (Å²) >= 11 is 0. The normalized spacial score (nSPS) is 16.5. The molecule has 1 aliphatic heterocycles. The largest absolute Gasteiger partial charge is 0.506 e. The topological polar surface area (TPSA) is 204 Å². The van der Waals surface area contributed by atoms with Gasteiger partial charge in [-0.25, -0.2) is 26.8 Å². The Labute approximate surface area is 273 Å². The number of carbonyl (C=O) groups excluding carboxylic acids is 3. The van der Waals surface area contributed by atoms with Crippen molar-refractivity contribution in [3.63, 3.8) is 0 Å². The van der Waals surface area contributed by atoms with Crippen LogP contribution in [-0.2, 0) is 24.1 Å². The molecule has 4 rings (SSSR count). The first-order valence-corrected chi connectivity index (χ1v) is 16.0. The van der Waals surface area contributed by atoms with Crippen molar-refractivity contribution < 1.29 is 55.7 Å². The average molecular weight is 691 g/mol. The number of nitrogens with two attached hydrogens (primary N) is 1. The van der Waals surface area contributed by atoms with E-state index in [0.717, 1.165) is 25.3 Å². The van der Waals surface area contributed by atoms with E-state index in [1.807, 2.05) is 0 Å². The predicted octanol–water partition coefficient (Wildman–Crippen LogP) is 4.23. The van der Waals surface area contributed by atoms with Crippen molar-refractivity contribution in [2.75, 3.05) is 37.2 Å². The van der Waals surface area contributed by atoms with E-state index in [9.17, 15) is 41.5 Å². The number of rotatable bonds is 11. The highest BCUT2D eigenvalue weighted by Crippen LogP contribution is 2.41. The minimum atomic E-state index is -4.01. The van der Waals surface area contributed by atoms with Crippen LogP contribution in [-0.4, -0.2) is 75.1 Å². The summed E-state index contributed by atoms with van der Waals surface area (Å²) in [5.41, 5.74) is 5.02. The lowest BCUT2D eigenvalue weighted by Crippen LogP contribution is -2.40. The number of methoxy groups -OCH3 is 2. The minimum absolute atomic E-state index is 0.0550. The van der Waals surface area contributed by atoms with E-state index >= 15 is 0 Å². The number of nitrogens with zero attached hydrogens (tertiary/aromatic N) is 1. The molecule has 0 aliphatic carbocycles. The van der Waals surface area contributed by atoms with Gasteiger partial charge in [-0.2, -0.15) is 0 Å². The number of carbonyl (C=O) groups is 4. The minimum Gasteiger partial charge on any atom is -0.494 e. The van der Waals surface area contributed by atoms with Gasteiger partial charge in [0.2, 0.25) is 5.91 Å². The van der Waals surface area contributed by atoms with Gasteiger partial charge in [0.1, 0.15) is 18.0 Å². The van der Waals surface area contributed by atoms with E-state index in [2.05, 4.69) is 15.4 Å². The van der Waals surface area contributed by atoms with E-state index in [4.69, 9.17) is 15.2 Å². The van der Waals surface area contributed by atoms with Crippen LogP contribution in [0.25, 0.3) is 0 Å². The molecule has 0 radical (unpaired) electrons. The second-order valence-corrected chi connectivity index (χ2v) is 12.7. The smallest absolute Gasteiger partial charge is 0.494 e. The molecular weight excluding hydrogens is 658 g/mol. The van der Waals surface area contributed by atoms with Crippen LogP contribution in [0.1, 0.15) is 46.9 Å². The summed E-state index contributed by atoms with van der Waals surface area (Å²) in [4.78, 5) is 51.1. The highest BCUT2D eigenvalue weighted by atomic mass is 32.2. The van der Waals surface area contributed by atoms with Crippen molar-refractivity contribution in [2.45, 2.75) is 36.4 Å². The number of nitrogens with one attached hydrogen (secondary N) is 2. The molecule has 1 fully saturated rings. The molecule has 0 bridgehead atoms. The number of likely N-dealkylation sites (tertiary alicyclic amines) is 1. The van der Waals surface area contributed by atoms with E-state index in [1.165, 1.54) is 55.3 Å². The number of ether oxygens (including phenoxy) is 3. The monoisotopic (exact) mass is 690 g/mol. The molecule has 3 aromatic carbocycles. The van der Waals surface area contributed by atoms with Gasteiger partial charge in [0, 0.05) is 24.3 Å². The third kappa shape index (κ3) is 7.57. The molecule has 5 N–H and O–H groups in total. The third-order valence-corrected chi connectivity index (χ3v) is 9.45. The zero-order valence-electron chi connectivity index (χ0n) is 25.9. The van der Waals surface area contributed by atoms with E-state index in [-0.39, 0.29) is 51.9 Å². The molecule has 3 atom stereocenters. The highest BCUT2D eigenvalue weighted by Gasteiger charge is 2.45. The maximum Gasteiger partial charge on any atom is 0.506 e. The standard InChI is InChI=1S/C31H32F2N4O10S/c1-4-48(43,44)25-10-7-18(36-30(40)46-3)15-20(25)27-23(47-31(41)42)11-12-37(27)29(39)26(16-5-8-22(33)24(13-16)45-2)35-17-6-9-21(32)19(14-17)28(34)38/h5-10,13-15,23,26-27,35H,4,11-12H2,1-3H3,(H2,34,38)(H,36,40)(H,41,42)/t23-,26+,27+/m0/s1. The van der Waals surface area contributed by atoms with Crippen molar-refractivity contribution in [3.05, 3.63) is 82.9 Å².